The second-order valence-electron chi connectivity index (χ2n) is 7.69. The van der Waals surface area contributed by atoms with E-state index in [-0.39, 0.29) is 18.1 Å². The molecule has 0 aromatic heterocycles. The van der Waals surface area contributed by atoms with Gasteiger partial charge in [0.1, 0.15) is 5.71 Å². The molecule has 3 heterocycles. The number of ether oxygens (including phenoxy) is 2. The third-order valence-corrected chi connectivity index (χ3v) is 5.57. The first-order chi connectivity index (χ1) is 15.2. The molecule has 0 saturated carbocycles. The number of benzene rings is 2. The van der Waals surface area contributed by atoms with E-state index < -0.39 is 0 Å². The molecule has 0 spiro atoms. The van der Waals surface area contributed by atoms with Crippen molar-refractivity contribution >= 4 is 28.8 Å². The van der Waals surface area contributed by atoms with E-state index in [1.807, 2.05) is 30.3 Å². The summed E-state index contributed by atoms with van der Waals surface area (Å²) in [6.45, 7) is 1.98. The molecule has 1 amide bonds. The number of nitrogens with zero attached hydrogens (tertiary/aromatic N) is 2. The first-order valence-corrected chi connectivity index (χ1v) is 10.6. The molecule has 31 heavy (non-hydrogen) atoms. The molecule has 0 fully saturated rings. The summed E-state index contributed by atoms with van der Waals surface area (Å²) in [4.78, 5) is 25.4. The molecular weight excluding hydrogens is 394 g/mol. The molecule has 1 N–H and O–H groups in total. The van der Waals surface area contributed by atoms with E-state index in [1.54, 1.807) is 18.2 Å². The highest BCUT2D eigenvalue weighted by molar-refractivity contribution is 6.46. The number of para-hydroxylation sites is 1. The van der Waals surface area contributed by atoms with Crippen LogP contribution in [0.25, 0.3) is 5.70 Å². The molecular formula is C24H23N3O4. The van der Waals surface area contributed by atoms with E-state index in [0.717, 1.165) is 42.0 Å². The van der Waals surface area contributed by atoms with Crippen LogP contribution in [0.1, 0.15) is 30.4 Å². The van der Waals surface area contributed by atoms with Crippen molar-refractivity contribution in [1.29, 1.82) is 0 Å². The number of carbonyl (C=O) groups excluding carboxylic acids is 2. The number of amides is 1. The van der Waals surface area contributed by atoms with Crippen molar-refractivity contribution in [2.75, 3.05) is 24.8 Å². The number of rotatable bonds is 3. The second kappa shape index (κ2) is 8.26. The van der Waals surface area contributed by atoms with E-state index in [9.17, 15) is 9.59 Å². The molecule has 0 saturated heterocycles. The minimum absolute atomic E-state index is 0.114. The predicted molar refractivity (Wildman–Crippen MR) is 117 cm³/mol. The molecule has 3 aliphatic heterocycles. The Morgan fingerprint density at radius 3 is 2.61 bits per heavy atom. The molecule has 7 heteroatoms. The number of nitrogens with one attached hydrogen (secondary N) is 1. The maximum absolute atomic E-state index is 13.1. The van der Waals surface area contributed by atoms with Crippen molar-refractivity contribution in [3.8, 4) is 11.5 Å². The molecule has 0 radical (unpaired) electrons. The monoisotopic (exact) mass is 417 g/mol. The van der Waals surface area contributed by atoms with E-state index in [2.05, 4.69) is 10.4 Å². The normalized spacial score (nSPS) is 19.2. The van der Waals surface area contributed by atoms with Crippen LogP contribution in [-0.2, 0) is 16.0 Å². The van der Waals surface area contributed by atoms with Gasteiger partial charge in [-0.05, 0) is 36.2 Å². The Labute approximate surface area is 180 Å². The number of anilines is 1. The van der Waals surface area contributed by atoms with Crippen molar-refractivity contribution in [2.24, 2.45) is 5.10 Å². The average molecular weight is 417 g/mol. The zero-order chi connectivity index (χ0) is 21.2. The Morgan fingerprint density at radius 1 is 1.03 bits per heavy atom. The standard InChI is InChI=1S/C24H23N3O4/c28-21(19-7-8-24(29)27(26-19)17-5-2-1-3-6-17)15-20-18-14-23-22(30-11-4-12-31-23)13-16(18)9-10-25-20/h1-3,5-6,13-15,25H,4,7-12H2/b20-15-. The Bertz CT molecular complexity index is 1090. The molecule has 7 nitrogen and oxygen atoms in total. The van der Waals surface area contributed by atoms with E-state index in [0.29, 0.717) is 36.8 Å². The summed E-state index contributed by atoms with van der Waals surface area (Å²) >= 11 is 0. The molecule has 5 rings (SSSR count). The van der Waals surface area contributed by atoms with Crippen LogP contribution in [0.5, 0.6) is 11.5 Å². The fraction of sp³-hybridized carbons (Fsp3) is 0.292. The van der Waals surface area contributed by atoms with Gasteiger partial charge in [-0.3, -0.25) is 9.59 Å². The van der Waals surface area contributed by atoms with Gasteiger partial charge >= 0.3 is 0 Å². The van der Waals surface area contributed by atoms with Crippen LogP contribution in [0, 0.1) is 0 Å². The molecule has 2 aromatic rings. The van der Waals surface area contributed by atoms with Gasteiger partial charge in [-0.2, -0.15) is 5.10 Å². The number of fused-ring (bicyclic) bond motifs is 2. The van der Waals surface area contributed by atoms with Gasteiger partial charge in [0, 0.05) is 43.1 Å². The van der Waals surface area contributed by atoms with Crippen LogP contribution in [0.3, 0.4) is 0 Å². The van der Waals surface area contributed by atoms with Gasteiger partial charge in [-0.1, -0.05) is 18.2 Å². The lowest BCUT2D eigenvalue weighted by atomic mass is 9.95. The van der Waals surface area contributed by atoms with E-state index >= 15 is 0 Å². The Kier molecular flexibility index (Phi) is 5.16. The summed E-state index contributed by atoms with van der Waals surface area (Å²) in [6.07, 6.45) is 3.86. The number of hydrogen-bond donors (Lipinski definition) is 1. The molecule has 0 aliphatic carbocycles. The number of carbonyl (C=O) groups is 2. The summed E-state index contributed by atoms with van der Waals surface area (Å²) in [6, 6.07) is 13.1. The first kappa shape index (κ1) is 19.4. The maximum Gasteiger partial charge on any atom is 0.247 e. The van der Waals surface area contributed by atoms with Crippen molar-refractivity contribution in [1.82, 2.24) is 5.32 Å². The summed E-state index contributed by atoms with van der Waals surface area (Å²) < 4.78 is 11.6. The molecule has 3 aliphatic rings. The lowest BCUT2D eigenvalue weighted by Crippen LogP contribution is -2.34. The molecule has 0 unspecified atom stereocenters. The zero-order valence-corrected chi connectivity index (χ0v) is 17.1. The fourth-order valence-electron chi connectivity index (χ4n) is 3.98. The number of ketones is 1. The smallest absolute Gasteiger partial charge is 0.247 e. The molecule has 158 valence electrons. The molecule has 2 aromatic carbocycles. The summed E-state index contributed by atoms with van der Waals surface area (Å²) in [5.41, 5.74) is 3.84. The summed E-state index contributed by atoms with van der Waals surface area (Å²) in [5, 5.41) is 9.02. The van der Waals surface area contributed by atoms with E-state index in [1.165, 1.54) is 5.01 Å². The minimum atomic E-state index is -0.198. The number of hydrogen-bond acceptors (Lipinski definition) is 6. The van der Waals surface area contributed by atoms with Gasteiger partial charge in [-0.15, -0.1) is 0 Å². The summed E-state index contributed by atoms with van der Waals surface area (Å²) in [5.74, 6) is 1.15. The first-order valence-electron chi connectivity index (χ1n) is 10.6. The van der Waals surface area contributed by atoms with Crippen LogP contribution in [0.2, 0.25) is 0 Å². The van der Waals surface area contributed by atoms with E-state index in [4.69, 9.17) is 9.47 Å². The minimum Gasteiger partial charge on any atom is -0.490 e. The number of allylic oxidation sites excluding steroid dienone is 1. The quantitative estimate of drug-likeness (QED) is 0.777. The third-order valence-electron chi connectivity index (χ3n) is 5.57. The van der Waals surface area contributed by atoms with Crippen molar-refractivity contribution < 1.29 is 19.1 Å². The fourth-order valence-corrected chi connectivity index (χ4v) is 3.98. The lowest BCUT2D eigenvalue weighted by Gasteiger charge is -2.24. The highest BCUT2D eigenvalue weighted by Crippen LogP contribution is 2.36. The van der Waals surface area contributed by atoms with Crippen molar-refractivity contribution in [3.63, 3.8) is 0 Å². The van der Waals surface area contributed by atoms with Gasteiger partial charge in [0.05, 0.1) is 18.9 Å². The van der Waals surface area contributed by atoms with Gasteiger partial charge in [0.25, 0.3) is 0 Å². The Hall–Kier alpha value is -3.61. The molecule has 0 atom stereocenters. The van der Waals surface area contributed by atoms with Gasteiger partial charge in [0.15, 0.2) is 11.5 Å². The highest BCUT2D eigenvalue weighted by atomic mass is 16.5. The lowest BCUT2D eigenvalue weighted by molar-refractivity contribution is -0.118. The summed E-state index contributed by atoms with van der Waals surface area (Å²) in [7, 11) is 0. The van der Waals surface area contributed by atoms with Crippen LogP contribution in [0.4, 0.5) is 5.69 Å². The Balaban J connectivity index is 1.46. The largest absolute Gasteiger partial charge is 0.490 e. The molecule has 0 bridgehead atoms. The maximum atomic E-state index is 13.1. The number of hydrazone groups is 1. The van der Waals surface area contributed by atoms with Gasteiger partial charge in [0.2, 0.25) is 11.7 Å². The average Bonchev–Trinajstić information content (AvgIpc) is 3.03. The van der Waals surface area contributed by atoms with Gasteiger partial charge < -0.3 is 14.8 Å². The van der Waals surface area contributed by atoms with Crippen molar-refractivity contribution in [3.05, 3.63) is 59.7 Å². The van der Waals surface area contributed by atoms with Crippen molar-refractivity contribution in [2.45, 2.75) is 25.7 Å². The highest BCUT2D eigenvalue weighted by Gasteiger charge is 2.26. The third kappa shape index (κ3) is 3.91. The zero-order valence-electron chi connectivity index (χ0n) is 17.1. The SMILES string of the molecule is O=C(/C=C1\NCCc2cc3c(cc21)OCCCO3)C1=NN(c2ccccc2)C(=O)CC1. The Morgan fingerprint density at radius 2 is 1.81 bits per heavy atom. The van der Waals surface area contributed by atoms with Crippen LogP contribution >= 0.6 is 0 Å². The van der Waals surface area contributed by atoms with Gasteiger partial charge in [-0.25, -0.2) is 5.01 Å². The van der Waals surface area contributed by atoms with Crippen LogP contribution in [-0.4, -0.2) is 37.2 Å². The van der Waals surface area contributed by atoms with Crippen LogP contribution in [0.15, 0.2) is 53.6 Å². The topological polar surface area (TPSA) is 80.2 Å². The predicted octanol–water partition coefficient (Wildman–Crippen LogP) is 3.09. The second-order valence-corrected chi connectivity index (χ2v) is 7.69. The van der Waals surface area contributed by atoms with Crippen LogP contribution < -0.4 is 19.8 Å².